The molecule has 1 aromatic carbocycles. The molecule has 1 atom stereocenters. The lowest BCUT2D eigenvalue weighted by Crippen LogP contribution is -2.25. The predicted molar refractivity (Wildman–Crippen MR) is 92.5 cm³/mol. The van der Waals surface area contributed by atoms with Crippen LogP contribution in [-0.4, -0.2) is 24.0 Å². The molecule has 0 saturated carbocycles. The summed E-state index contributed by atoms with van der Waals surface area (Å²) in [6, 6.07) is 10.2. The Morgan fingerprint density at radius 3 is 3.00 bits per heavy atom. The van der Waals surface area contributed by atoms with E-state index in [-0.39, 0.29) is 0 Å². The monoisotopic (exact) mass is 331 g/mol. The average molecular weight is 332 g/mol. The molecule has 1 aliphatic heterocycles. The largest absolute Gasteiger partial charge is 0.381 e. The zero-order chi connectivity index (χ0) is 15.5. The van der Waals surface area contributed by atoms with Crippen LogP contribution in [0.2, 0.25) is 5.02 Å². The third-order valence-corrected chi connectivity index (χ3v) is 5.39. The summed E-state index contributed by atoms with van der Waals surface area (Å²) in [6.45, 7) is 5.36. The lowest BCUT2D eigenvalue weighted by atomic mass is 10.2. The van der Waals surface area contributed by atoms with Gasteiger partial charge in [-0.1, -0.05) is 11.6 Å². The Kier molecular flexibility index (Phi) is 4.68. The number of hydrogen-bond donors (Lipinski definition) is 1. The van der Waals surface area contributed by atoms with E-state index in [4.69, 9.17) is 16.9 Å². The van der Waals surface area contributed by atoms with Gasteiger partial charge in [0.05, 0.1) is 10.6 Å². The van der Waals surface area contributed by atoms with E-state index < -0.39 is 0 Å². The Hall–Kier alpha value is -1.54. The quantitative estimate of drug-likeness (QED) is 0.909. The molecule has 1 aromatic heterocycles. The SMILES string of the molecule is Cc1ccsc1CN1CC[C@H](Nc2ccc(C#N)c(Cl)c2)C1. The minimum absolute atomic E-state index is 0.435. The summed E-state index contributed by atoms with van der Waals surface area (Å²) in [5, 5.41) is 15.1. The molecule has 0 aliphatic carbocycles. The molecule has 0 bridgehead atoms. The predicted octanol–water partition coefficient (Wildman–Crippen LogP) is 4.27. The second kappa shape index (κ2) is 6.70. The van der Waals surface area contributed by atoms with E-state index in [1.165, 1.54) is 10.4 Å². The van der Waals surface area contributed by atoms with Gasteiger partial charge in [-0.2, -0.15) is 5.26 Å². The number of nitrogens with one attached hydrogen (secondary N) is 1. The Morgan fingerprint density at radius 2 is 2.32 bits per heavy atom. The molecule has 2 aromatic rings. The van der Waals surface area contributed by atoms with Crippen molar-refractivity contribution in [1.29, 1.82) is 5.26 Å². The van der Waals surface area contributed by atoms with Crippen molar-refractivity contribution in [2.45, 2.75) is 25.9 Å². The lowest BCUT2D eigenvalue weighted by Gasteiger charge is -2.17. The number of aryl methyl sites for hydroxylation is 1. The van der Waals surface area contributed by atoms with E-state index in [0.717, 1.165) is 31.7 Å². The van der Waals surface area contributed by atoms with Crippen molar-refractivity contribution in [2.75, 3.05) is 18.4 Å². The molecular weight excluding hydrogens is 314 g/mol. The van der Waals surface area contributed by atoms with Crippen LogP contribution in [0.25, 0.3) is 0 Å². The first-order valence-corrected chi connectivity index (χ1v) is 8.63. The number of nitrogens with zero attached hydrogens (tertiary/aromatic N) is 2. The fourth-order valence-electron chi connectivity index (χ4n) is 2.79. The zero-order valence-electron chi connectivity index (χ0n) is 12.5. The van der Waals surface area contributed by atoms with Crippen LogP contribution in [0, 0.1) is 18.3 Å². The highest BCUT2D eigenvalue weighted by atomic mass is 35.5. The number of nitriles is 1. The second-order valence-electron chi connectivity index (χ2n) is 5.70. The molecule has 22 heavy (non-hydrogen) atoms. The summed E-state index contributed by atoms with van der Waals surface area (Å²) in [4.78, 5) is 3.95. The van der Waals surface area contributed by atoms with Gasteiger partial charge in [0.15, 0.2) is 0 Å². The van der Waals surface area contributed by atoms with Gasteiger partial charge in [-0.05, 0) is 48.6 Å². The van der Waals surface area contributed by atoms with Gasteiger partial charge in [0, 0.05) is 36.2 Å². The van der Waals surface area contributed by atoms with E-state index in [9.17, 15) is 0 Å². The number of halogens is 1. The van der Waals surface area contributed by atoms with Gasteiger partial charge in [-0.25, -0.2) is 0 Å². The van der Waals surface area contributed by atoms with E-state index >= 15 is 0 Å². The number of hydrogen-bond acceptors (Lipinski definition) is 4. The zero-order valence-corrected chi connectivity index (χ0v) is 14.0. The fraction of sp³-hybridized carbons (Fsp3) is 0.353. The Labute approximate surface area is 140 Å². The highest BCUT2D eigenvalue weighted by molar-refractivity contribution is 7.10. The third kappa shape index (κ3) is 3.44. The topological polar surface area (TPSA) is 39.1 Å². The van der Waals surface area contributed by atoms with Gasteiger partial charge in [0.25, 0.3) is 0 Å². The molecule has 5 heteroatoms. The molecule has 0 spiro atoms. The van der Waals surface area contributed by atoms with Crippen molar-refractivity contribution in [2.24, 2.45) is 0 Å². The minimum atomic E-state index is 0.435. The Morgan fingerprint density at radius 1 is 1.45 bits per heavy atom. The highest BCUT2D eigenvalue weighted by Gasteiger charge is 2.23. The first-order chi connectivity index (χ1) is 10.7. The number of benzene rings is 1. The molecule has 1 aliphatic rings. The van der Waals surface area contributed by atoms with Gasteiger partial charge in [-0.15, -0.1) is 11.3 Å². The van der Waals surface area contributed by atoms with E-state index in [2.05, 4.69) is 34.7 Å². The lowest BCUT2D eigenvalue weighted by molar-refractivity contribution is 0.331. The number of thiophene rings is 1. The third-order valence-electron chi connectivity index (χ3n) is 4.07. The van der Waals surface area contributed by atoms with Crippen LogP contribution in [0.3, 0.4) is 0 Å². The molecule has 1 N–H and O–H groups in total. The second-order valence-corrected chi connectivity index (χ2v) is 7.11. The molecule has 3 rings (SSSR count). The van der Waals surface area contributed by atoms with Crippen LogP contribution in [0.1, 0.15) is 22.4 Å². The molecule has 1 saturated heterocycles. The van der Waals surface area contributed by atoms with Gasteiger partial charge >= 0.3 is 0 Å². The average Bonchev–Trinajstić information content (AvgIpc) is 3.10. The molecule has 3 nitrogen and oxygen atoms in total. The molecule has 2 heterocycles. The first-order valence-electron chi connectivity index (χ1n) is 7.37. The van der Waals surface area contributed by atoms with Crippen LogP contribution in [0.15, 0.2) is 29.6 Å². The molecule has 114 valence electrons. The van der Waals surface area contributed by atoms with Crippen LogP contribution >= 0.6 is 22.9 Å². The van der Waals surface area contributed by atoms with Gasteiger partial charge in [-0.3, -0.25) is 4.90 Å². The van der Waals surface area contributed by atoms with Crippen molar-refractivity contribution in [3.8, 4) is 6.07 Å². The summed E-state index contributed by atoms with van der Waals surface area (Å²) in [5.74, 6) is 0. The van der Waals surface area contributed by atoms with Crippen LogP contribution in [0.4, 0.5) is 5.69 Å². The number of likely N-dealkylation sites (tertiary alicyclic amines) is 1. The van der Waals surface area contributed by atoms with Crippen molar-refractivity contribution in [3.63, 3.8) is 0 Å². The maximum absolute atomic E-state index is 8.91. The number of anilines is 1. The van der Waals surface area contributed by atoms with Gasteiger partial charge in [0.2, 0.25) is 0 Å². The van der Waals surface area contributed by atoms with Crippen molar-refractivity contribution in [1.82, 2.24) is 4.90 Å². The summed E-state index contributed by atoms with van der Waals surface area (Å²) in [7, 11) is 0. The van der Waals surface area contributed by atoms with Crippen molar-refractivity contribution >= 4 is 28.6 Å². The van der Waals surface area contributed by atoms with Gasteiger partial charge in [0.1, 0.15) is 6.07 Å². The Bertz CT molecular complexity index is 704. The maximum Gasteiger partial charge on any atom is 0.101 e. The van der Waals surface area contributed by atoms with Gasteiger partial charge < -0.3 is 5.32 Å². The molecular formula is C17H18ClN3S. The number of rotatable bonds is 4. The highest BCUT2D eigenvalue weighted by Crippen LogP contribution is 2.24. The summed E-state index contributed by atoms with van der Waals surface area (Å²) >= 11 is 7.92. The molecule has 1 fully saturated rings. The standard InChI is InChI=1S/C17H18ClN3S/c1-12-5-7-22-17(12)11-21-6-4-15(10-21)20-14-3-2-13(9-19)16(18)8-14/h2-3,5,7-8,15,20H,4,6,10-11H2,1H3/t15-/m0/s1. The van der Waals surface area contributed by atoms with Crippen LogP contribution in [-0.2, 0) is 6.54 Å². The minimum Gasteiger partial charge on any atom is -0.381 e. The van der Waals surface area contributed by atoms with E-state index in [1.54, 1.807) is 6.07 Å². The van der Waals surface area contributed by atoms with Crippen molar-refractivity contribution in [3.05, 3.63) is 50.7 Å². The van der Waals surface area contributed by atoms with E-state index in [0.29, 0.717) is 16.6 Å². The summed E-state index contributed by atoms with van der Waals surface area (Å²) in [6.07, 6.45) is 1.13. The van der Waals surface area contributed by atoms with Crippen LogP contribution < -0.4 is 5.32 Å². The fourth-order valence-corrected chi connectivity index (χ4v) is 3.96. The van der Waals surface area contributed by atoms with Crippen molar-refractivity contribution < 1.29 is 0 Å². The van der Waals surface area contributed by atoms with Crippen LogP contribution in [0.5, 0.6) is 0 Å². The smallest absolute Gasteiger partial charge is 0.101 e. The summed E-state index contributed by atoms with van der Waals surface area (Å²) < 4.78 is 0. The summed E-state index contributed by atoms with van der Waals surface area (Å²) in [5.41, 5.74) is 2.90. The first kappa shape index (κ1) is 15.4. The normalized spacial score (nSPS) is 18.3. The molecule has 0 radical (unpaired) electrons. The Balaban J connectivity index is 1.58. The maximum atomic E-state index is 8.91. The van der Waals surface area contributed by atoms with E-state index in [1.807, 2.05) is 23.5 Å². The molecule has 0 unspecified atom stereocenters. The molecule has 0 amide bonds.